The minimum Gasteiger partial charge on any atom is -0.495 e. The van der Waals surface area contributed by atoms with Crippen molar-refractivity contribution < 1.29 is 17.5 Å². The van der Waals surface area contributed by atoms with Crippen LogP contribution in [0, 0.1) is 11.7 Å². The zero-order valence-electron chi connectivity index (χ0n) is 12.6. The highest BCUT2D eigenvalue weighted by Gasteiger charge is 2.33. The molecule has 0 aliphatic carbocycles. The fourth-order valence-electron chi connectivity index (χ4n) is 2.65. The lowest BCUT2D eigenvalue weighted by molar-refractivity contribution is 0.250. The molecule has 1 fully saturated rings. The van der Waals surface area contributed by atoms with Crippen molar-refractivity contribution in [2.75, 3.05) is 20.2 Å². The molecule has 5 nitrogen and oxygen atoms in total. The van der Waals surface area contributed by atoms with E-state index in [1.807, 2.05) is 6.92 Å². The minimum absolute atomic E-state index is 0.0458. The molecule has 1 aromatic rings. The van der Waals surface area contributed by atoms with Gasteiger partial charge in [0.15, 0.2) is 0 Å². The molecule has 0 bridgehead atoms. The van der Waals surface area contributed by atoms with Gasteiger partial charge in [0, 0.05) is 19.1 Å². The SMILES string of the molecule is COc1cc(Br)c(F)cc1S(=O)(=O)N1CCC(C(C)N)CC1. The molecular formula is C14H20BrFN2O3S. The third-order valence-corrected chi connectivity index (χ3v) is 6.59. The smallest absolute Gasteiger partial charge is 0.246 e. The van der Waals surface area contributed by atoms with Gasteiger partial charge < -0.3 is 10.5 Å². The Hall–Kier alpha value is -0.700. The number of methoxy groups -OCH3 is 1. The lowest BCUT2D eigenvalue weighted by Gasteiger charge is -2.33. The van der Waals surface area contributed by atoms with Crippen LogP contribution >= 0.6 is 15.9 Å². The first-order valence-corrected chi connectivity index (χ1v) is 9.29. The number of benzene rings is 1. The molecule has 0 radical (unpaired) electrons. The molecule has 22 heavy (non-hydrogen) atoms. The number of nitrogens with two attached hydrogens (primary N) is 1. The van der Waals surface area contributed by atoms with Gasteiger partial charge >= 0.3 is 0 Å². The molecule has 1 aliphatic heterocycles. The summed E-state index contributed by atoms with van der Waals surface area (Å²) < 4.78 is 45.9. The second kappa shape index (κ2) is 6.82. The number of hydrogen-bond acceptors (Lipinski definition) is 4. The molecule has 1 heterocycles. The van der Waals surface area contributed by atoms with Crippen molar-refractivity contribution in [2.45, 2.75) is 30.7 Å². The predicted octanol–water partition coefficient (Wildman–Crippen LogP) is 2.34. The summed E-state index contributed by atoms with van der Waals surface area (Å²) in [6.45, 7) is 2.70. The third kappa shape index (κ3) is 3.45. The number of ether oxygens (including phenoxy) is 1. The maximum atomic E-state index is 13.8. The van der Waals surface area contributed by atoms with E-state index in [-0.39, 0.29) is 21.2 Å². The number of sulfonamides is 1. The Kier molecular flexibility index (Phi) is 5.47. The molecule has 0 amide bonds. The van der Waals surface area contributed by atoms with Crippen LogP contribution in [-0.4, -0.2) is 39.0 Å². The van der Waals surface area contributed by atoms with E-state index in [9.17, 15) is 12.8 Å². The van der Waals surface area contributed by atoms with Crippen LogP contribution in [0.4, 0.5) is 4.39 Å². The van der Waals surface area contributed by atoms with Gasteiger partial charge in [-0.25, -0.2) is 12.8 Å². The van der Waals surface area contributed by atoms with Crippen molar-refractivity contribution in [3.63, 3.8) is 0 Å². The second-order valence-electron chi connectivity index (χ2n) is 5.52. The normalized spacial score (nSPS) is 19.1. The lowest BCUT2D eigenvalue weighted by atomic mass is 9.92. The molecule has 1 atom stereocenters. The maximum Gasteiger partial charge on any atom is 0.246 e. The Morgan fingerprint density at radius 2 is 2.00 bits per heavy atom. The molecule has 1 aromatic carbocycles. The van der Waals surface area contributed by atoms with Crippen LogP contribution in [0.15, 0.2) is 21.5 Å². The van der Waals surface area contributed by atoms with Crippen molar-refractivity contribution in [1.82, 2.24) is 4.31 Å². The van der Waals surface area contributed by atoms with Gasteiger partial charge in [-0.05, 0) is 53.7 Å². The van der Waals surface area contributed by atoms with E-state index in [0.29, 0.717) is 31.8 Å². The molecule has 1 unspecified atom stereocenters. The Labute approximate surface area is 138 Å². The standard InChI is InChI=1S/C14H20BrFN2O3S/c1-9(17)10-3-5-18(6-4-10)22(19,20)14-8-12(16)11(15)7-13(14)21-2/h7-10H,3-6,17H2,1-2H3. The maximum absolute atomic E-state index is 13.8. The lowest BCUT2D eigenvalue weighted by Crippen LogP contribution is -2.42. The third-order valence-electron chi connectivity index (χ3n) is 4.07. The molecular weight excluding hydrogens is 375 g/mol. The van der Waals surface area contributed by atoms with Crippen LogP contribution in [0.3, 0.4) is 0 Å². The highest BCUT2D eigenvalue weighted by molar-refractivity contribution is 9.10. The Morgan fingerprint density at radius 3 is 2.50 bits per heavy atom. The van der Waals surface area contributed by atoms with Gasteiger partial charge in [0.1, 0.15) is 16.5 Å². The first-order valence-electron chi connectivity index (χ1n) is 7.06. The van der Waals surface area contributed by atoms with Crippen LogP contribution in [0.25, 0.3) is 0 Å². The van der Waals surface area contributed by atoms with Gasteiger partial charge in [-0.2, -0.15) is 4.31 Å². The number of piperidine rings is 1. The highest BCUT2D eigenvalue weighted by Crippen LogP contribution is 2.33. The van der Waals surface area contributed by atoms with Gasteiger partial charge in [0.05, 0.1) is 11.6 Å². The van der Waals surface area contributed by atoms with Crippen molar-refractivity contribution in [3.8, 4) is 5.75 Å². The number of hydrogen-bond donors (Lipinski definition) is 1. The summed E-state index contributed by atoms with van der Waals surface area (Å²) in [5.41, 5.74) is 5.87. The van der Waals surface area contributed by atoms with Crippen molar-refractivity contribution in [2.24, 2.45) is 11.7 Å². The summed E-state index contributed by atoms with van der Waals surface area (Å²) in [6, 6.07) is 2.37. The monoisotopic (exact) mass is 394 g/mol. The van der Waals surface area contributed by atoms with E-state index in [0.717, 1.165) is 6.07 Å². The molecule has 2 N–H and O–H groups in total. The van der Waals surface area contributed by atoms with Crippen molar-refractivity contribution in [1.29, 1.82) is 0 Å². The van der Waals surface area contributed by atoms with Crippen LogP contribution in [-0.2, 0) is 10.0 Å². The number of rotatable bonds is 4. The molecule has 1 aliphatic rings. The summed E-state index contributed by atoms with van der Waals surface area (Å²) in [7, 11) is -2.42. The van der Waals surface area contributed by atoms with Crippen molar-refractivity contribution >= 4 is 26.0 Å². The van der Waals surface area contributed by atoms with Crippen LogP contribution < -0.4 is 10.5 Å². The molecule has 1 saturated heterocycles. The zero-order valence-corrected chi connectivity index (χ0v) is 15.0. The van der Waals surface area contributed by atoms with E-state index in [4.69, 9.17) is 10.5 Å². The van der Waals surface area contributed by atoms with E-state index in [1.54, 1.807) is 0 Å². The number of nitrogens with zero attached hydrogens (tertiary/aromatic N) is 1. The first-order chi connectivity index (χ1) is 10.3. The van der Waals surface area contributed by atoms with Crippen molar-refractivity contribution in [3.05, 3.63) is 22.4 Å². The molecule has 0 saturated carbocycles. The quantitative estimate of drug-likeness (QED) is 0.850. The second-order valence-corrected chi connectivity index (χ2v) is 8.28. The Morgan fingerprint density at radius 1 is 1.41 bits per heavy atom. The predicted molar refractivity (Wildman–Crippen MR) is 85.8 cm³/mol. The highest BCUT2D eigenvalue weighted by atomic mass is 79.9. The van der Waals surface area contributed by atoms with Gasteiger partial charge in [-0.15, -0.1) is 0 Å². The molecule has 124 valence electrons. The summed E-state index contributed by atoms with van der Waals surface area (Å²) in [5.74, 6) is -0.192. The fourth-order valence-corrected chi connectivity index (χ4v) is 4.59. The Balaban J connectivity index is 2.30. The van der Waals surface area contributed by atoms with Gasteiger partial charge in [0.25, 0.3) is 0 Å². The zero-order chi connectivity index (χ0) is 16.5. The van der Waals surface area contributed by atoms with Gasteiger partial charge in [-0.1, -0.05) is 0 Å². The topological polar surface area (TPSA) is 72.6 Å². The van der Waals surface area contributed by atoms with Crippen LogP contribution in [0.2, 0.25) is 0 Å². The molecule has 0 aromatic heterocycles. The fraction of sp³-hybridized carbons (Fsp3) is 0.571. The number of halogens is 2. The molecule has 8 heteroatoms. The summed E-state index contributed by atoms with van der Waals surface area (Å²) in [5, 5.41) is 0. The summed E-state index contributed by atoms with van der Waals surface area (Å²) >= 11 is 3.03. The Bertz CT molecular complexity index is 644. The van der Waals surface area contributed by atoms with E-state index >= 15 is 0 Å². The van der Waals surface area contributed by atoms with E-state index < -0.39 is 15.8 Å². The molecule has 0 spiro atoms. The van der Waals surface area contributed by atoms with Gasteiger partial charge in [0.2, 0.25) is 10.0 Å². The summed E-state index contributed by atoms with van der Waals surface area (Å²) in [4.78, 5) is -0.144. The first kappa shape index (κ1) is 17.7. The summed E-state index contributed by atoms with van der Waals surface area (Å²) in [6.07, 6.45) is 1.41. The van der Waals surface area contributed by atoms with Crippen LogP contribution in [0.5, 0.6) is 5.75 Å². The van der Waals surface area contributed by atoms with Crippen LogP contribution in [0.1, 0.15) is 19.8 Å². The molecule has 2 rings (SSSR count). The largest absolute Gasteiger partial charge is 0.495 e. The van der Waals surface area contributed by atoms with E-state index in [1.165, 1.54) is 17.5 Å². The average Bonchev–Trinajstić information content (AvgIpc) is 2.49. The average molecular weight is 395 g/mol. The van der Waals surface area contributed by atoms with Gasteiger partial charge in [-0.3, -0.25) is 0 Å². The van der Waals surface area contributed by atoms with E-state index in [2.05, 4.69) is 15.9 Å². The minimum atomic E-state index is -3.79.